The number of carbonyl (C=O) groups excluding carboxylic acids is 3. The number of benzene rings is 1. The van der Waals surface area contributed by atoms with E-state index in [0.29, 0.717) is 29.5 Å². The van der Waals surface area contributed by atoms with E-state index in [4.69, 9.17) is 5.26 Å². The Hall–Kier alpha value is -2.21. The van der Waals surface area contributed by atoms with Crippen LogP contribution < -0.4 is 5.32 Å². The van der Waals surface area contributed by atoms with Crippen molar-refractivity contribution in [1.82, 2.24) is 5.32 Å². The predicted molar refractivity (Wildman–Crippen MR) is 59.9 cm³/mol. The van der Waals surface area contributed by atoms with Crippen LogP contribution in [0.4, 0.5) is 0 Å². The molecule has 2 amide bonds. The number of amides is 2. The summed E-state index contributed by atoms with van der Waals surface area (Å²) in [7, 11) is 0. The van der Waals surface area contributed by atoms with Gasteiger partial charge in [-0.25, -0.2) is 4.79 Å². The number of aryl methyl sites for hydroxylation is 1. The maximum Gasteiger partial charge on any atom is 0.342 e. The SMILES string of the molecule is O=C(CCCc1cccc2c1C(=O)NC2=O)OO. The van der Waals surface area contributed by atoms with Crippen LogP contribution in [-0.4, -0.2) is 23.0 Å². The van der Waals surface area contributed by atoms with Gasteiger partial charge in [-0.2, -0.15) is 5.26 Å². The van der Waals surface area contributed by atoms with E-state index in [0.717, 1.165) is 0 Å². The number of hydrogen-bond donors (Lipinski definition) is 2. The van der Waals surface area contributed by atoms with Gasteiger partial charge in [-0.15, -0.1) is 0 Å². The molecule has 6 nitrogen and oxygen atoms in total. The Bertz CT molecular complexity index is 523. The molecule has 1 aliphatic rings. The van der Waals surface area contributed by atoms with Crippen molar-refractivity contribution in [2.75, 3.05) is 0 Å². The van der Waals surface area contributed by atoms with E-state index in [1.807, 2.05) is 0 Å². The quantitative estimate of drug-likeness (QED) is 0.470. The van der Waals surface area contributed by atoms with Gasteiger partial charge < -0.3 is 4.89 Å². The first-order chi connectivity index (χ1) is 8.63. The minimum absolute atomic E-state index is 0.0513. The van der Waals surface area contributed by atoms with Gasteiger partial charge in [0.1, 0.15) is 0 Å². The van der Waals surface area contributed by atoms with Gasteiger partial charge in [-0.3, -0.25) is 14.9 Å². The molecule has 0 saturated carbocycles. The summed E-state index contributed by atoms with van der Waals surface area (Å²) in [4.78, 5) is 37.3. The molecule has 0 aliphatic carbocycles. The predicted octanol–water partition coefficient (Wildman–Crippen LogP) is 0.909. The van der Waals surface area contributed by atoms with Crippen LogP contribution in [0.15, 0.2) is 18.2 Å². The third-order valence-corrected chi connectivity index (χ3v) is 2.78. The molecule has 0 atom stereocenters. The van der Waals surface area contributed by atoms with Crippen molar-refractivity contribution in [2.24, 2.45) is 0 Å². The summed E-state index contributed by atoms with van der Waals surface area (Å²) in [5, 5.41) is 10.3. The smallest absolute Gasteiger partial charge is 0.301 e. The molecule has 2 rings (SSSR count). The first-order valence-electron chi connectivity index (χ1n) is 5.45. The summed E-state index contributed by atoms with van der Waals surface area (Å²) >= 11 is 0. The molecule has 94 valence electrons. The highest BCUT2D eigenvalue weighted by atomic mass is 17.1. The van der Waals surface area contributed by atoms with Crippen molar-refractivity contribution in [3.05, 3.63) is 34.9 Å². The second-order valence-corrected chi connectivity index (χ2v) is 3.94. The van der Waals surface area contributed by atoms with Crippen LogP contribution in [0.25, 0.3) is 0 Å². The third-order valence-electron chi connectivity index (χ3n) is 2.78. The van der Waals surface area contributed by atoms with Gasteiger partial charge in [0.15, 0.2) is 0 Å². The van der Waals surface area contributed by atoms with Crippen molar-refractivity contribution in [1.29, 1.82) is 0 Å². The maximum absolute atomic E-state index is 11.6. The Labute approximate surface area is 102 Å². The monoisotopic (exact) mass is 249 g/mol. The van der Waals surface area contributed by atoms with Crippen LogP contribution in [0.5, 0.6) is 0 Å². The first-order valence-corrected chi connectivity index (χ1v) is 5.45. The van der Waals surface area contributed by atoms with Gasteiger partial charge in [0, 0.05) is 6.42 Å². The van der Waals surface area contributed by atoms with E-state index < -0.39 is 17.8 Å². The average Bonchev–Trinajstić information content (AvgIpc) is 2.66. The van der Waals surface area contributed by atoms with Crippen molar-refractivity contribution in [3.8, 4) is 0 Å². The fourth-order valence-electron chi connectivity index (χ4n) is 1.97. The Balaban J connectivity index is 2.13. The van der Waals surface area contributed by atoms with Gasteiger partial charge in [0.2, 0.25) is 0 Å². The average molecular weight is 249 g/mol. The summed E-state index contributed by atoms with van der Waals surface area (Å²) in [5.74, 6) is -1.52. The van der Waals surface area contributed by atoms with Crippen LogP contribution in [0.1, 0.15) is 39.1 Å². The Morgan fingerprint density at radius 3 is 2.78 bits per heavy atom. The van der Waals surface area contributed by atoms with Gasteiger partial charge in [-0.1, -0.05) is 12.1 Å². The lowest BCUT2D eigenvalue weighted by atomic mass is 9.98. The molecule has 6 heteroatoms. The van der Waals surface area contributed by atoms with Gasteiger partial charge in [0.25, 0.3) is 11.8 Å². The van der Waals surface area contributed by atoms with Crippen molar-refractivity contribution in [2.45, 2.75) is 19.3 Å². The second-order valence-electron chi connectivity index (χ2n) is 3.94. The lowest BCUT2D eigenvalue weighted by Crippen LogP contribution is -2.20. The number of nitrogens with one attached hydrogen (secondary N) is 1. The Morgan fingerprint density at radius 1 is 1.28 bits per heavy atom. The fourth-order valence-corrected chi connectivity index (χ4v) is 1.97. The molecule has 18 heavy (non-hydrogen) atoms. The molecule has 0 unspecified atom stereocenters. The molecule has 1 aliphatic heterocycles. The third kappa shape index (κ3) is 2.23. The summed E-state index contributed by atoms with van der Waals surface area (Å²) in [6.45, 7) is 0. The number of carbonyl (C=O) groups is 3. The van der Waals surface area contributed by atoms with E-state index in [1.54, 1.807) is 18.2 Å². The van der Waals surface area contributed by atoms with Crippen LogP contribution in [0.2, 0.25) is 0 Å². The molecule has 1 aromatic carbocycles. The van der Waals surface area contributed by atoms with Gasteiger partial charge in [0.05, 0.1) is 11.1 Å². The number of imide groups is 1. The van der Waals surface area contributed by atoms with Gasteiger partial charge in [-0.05, 0) is 24.5 Å². The zero-order chi connectivity index (χ0) is 13.1. The van der Waals surface area contributed by atoms with E-state index in [1.165, 1.54) is 0 Å². The van der Waals surface area contributed by atoms with Crippen molar-refractivity contribution >= 4 is 17.8 Å². The standard InChI is InChI=1S/C12H11NO5/c14-9(18-17)6-2-4-7-3-1-5-8-10(7)12(16)13-11(8)15/h1,3,5,17H,2,4,6H2,(H,13,15,16). The summed E-state index contributed by atoms with van der Waals surface area (Å²) in [6, 6.07) is 5.01. The molecule has 0 saturated heterocycles. The summed E-state index contributed by atoms with van der Waals surface area (Å²) in [6.07, 6.45) is 0.937. The maximum atomic E-state index is 11.6. The number of fused-ring (bicyclic) bond motifs is 1. The zero-order valence-electron chi connectivity index (χ0n) is 9.43. The summed E-state index contributed by atoms with van der Waals surface area (Å²) < 4.78 is 0. The molecule has 0 spiro atoms. The lowest BCUT2D eigenvalue weighted by molar-refractivity contribution is -0.234. The number of rotatable bonds is 4. The van der Waals surface area contributed by atoms with Gasteiger partial charge >= 0.3 is 5.97 Å². The fraction of sp³-hybridized carbons (Fsp3) is 0.250. The molecule has 2 N–H and O–H groups in total. The van der Waals surface area contributed by atoms with Crippen LogP contribution in [-0.2, 0) is 16.1 Å². The van der Waals surface area contributed by atoms with E-state index in [2.05, 4.69) is 10.2 Å². The molecular weight excluding hydrogens is 238 g/mol. The van der Waals surface area contributed by atoms with Crippen LogP contribution in [0.3, 0.4) is 0 Å². The van der Waals surface area contributed by atoms with Crippen molar-refractivity contribution < 1.29 is 24.5 Å². The van der Waals surface area contributed by atoms with E-state index >= 15 is 0 Å². The molecule has 0 radical (unpaired) electrons. The lowest BCUT2D eigenvalue weighted by Gasteiger charge is -2.04. The van der Waals surface area contributed by atoms with E-state index in [-0.39, 0.29) is 6.42 Å². The second kappa shape index (κ2) is 4.97. The molecule has 0 aromatic heterocycles. The normalized spacial score (nSPS) is 13.2. The number of hydrogen-bond acceptors (Lipinski definition) is 5. The molecule has 0 bridgehead atoms. The van der Waals surface area contributed by atoms with Crippen LogP contribution in [0, 0.1) is 0 Å². The van der Waals surface area contributed by atoms with Crippen LogP contribution >= 0.6 is 0 Å². The molecule has 1 heterocycles. The van der Waals surface area contributed by atoms with Crippen molar-refractivity contribution in [3.63, 3.8) is 0 Å². The topological polar surface area (TPSA) is 92.7 Å². The Kier molecular flexibility index (Phi) is 3.38. The minimum atomic E-state index is -0.719. The molecule has 1 aromatic rings. The highest BCUT2D eigenvalue weighted by molar-refractivity contribution is 6.22. The minimum Gasteiger partial charge on any atom is -0.301 e. The Morgan fingerprint density at radius 2 is 2.06 bits per heavy atom. The summed E-state index contributed by atoms with van der Waals surface area (Å²) in [5.41, 5.74) is 1.45. The molecule has 0 fully saturated rings. The largest absolute Gasteiger partial charge is 0.342 e. The van der Waals surface area contributed by atoms with E-state index in [9.17, 15) is 14.4 Å². The first kappa shape index (κ1) is 12.3. The zero-order valence-corrected chi connectivity index (χ0v) is 9.43. The molecular formula is C12H11NO5. The highest BCUT2D eigenvalue weighted by Gasteiger charge is 2.28. The highest BCUT2D eigenvalue weighted by Crippen LogP contribution is 2.21.